The molecule has 0 amide bonds. The minimum Gasteiger partial charge on any atom is -0.310 e. The van der Waals surface area contributed by atoms with Crippen LogP contribution in [0.3, 0.4) is 0 Å². The van der Waals surface area contributed by atoms with Crippen molar-refractivity contribution in [3.8, 4) is 0 Å². The molecule has 0 aliphatic carbocycles. The SMILES string of the molecule is CCN(C(C)C)S(=O)(=O)c1cc(CNC(C)C)ccc1C. The summed E-state index contributed by atoms with van der Waals surface area (Å²) >= 11 is 0. The van der Waals surface area contributed by atoms with Crippen LogP contribution in [0.2, 0.25) is 0 Å². The predicted octanol–water partition coefficient (Wildman–Crippen LogP) is 2.91. The predicted molar refractivity (Wildman–Crippen MR) is 87.9 cm³/mol. The molecule has 1 N–H and O–H groups in total. The van der Waals surface area contributed by atoms with E-state index in [2.05, 4.69) is 19.2 Å². The maximum Gasteiger partial charge on any atom is 0.243 e. The van der Waals surface area contributed by atoms with Crippen molar-refractivity contribution in [2.45, 2.75) is 65.1 Å². The van der Waals surface area contributed by atoms with E-state index in [4.69, 9.17) is 0 Å². The van der Waals surface area contributed by atoms with E-state index in [0.29, 0.717) is 24.0 Å². The van der Waals surface area contributed by atoms with Crippen molar-refractivity contribution in [3.63, 3.8) is 0 Å². The van der Waals surface area contributed by atoms with Crippen molar-refractivity contribution in [1.29, 1.82) is 0 Å². The highest BCUT2D eigenvalue weighted by Gasteiger charge is 2.27. The Kier molecular flexibility index (Phi) is 6.38. The maximum absolute atomic E-state index is 12.8. The Bertz CT molecular complexity index is 566. The van der Waals surface area contributed by atoms with Crippen LogP contribution >= 0.6 is 0 Å². The molecule has 120 valence electrons. The third kappa shape index (κ3) is 4.53. The second-order valence-corrected chi connectivity index (χ2v) is 7.80. The van der Waals surface area contributed by atoms with E-state index in [1.165, 1.54) is 4.31 Å². The number of hydrogen-bond donors (Lipinski definition) is 1. The van der Waals surface area contributed by atoms with Gasteiger partial charge in [-0.05, 0) is 38.0 Å². The molecule has 0 saturated heterocycles. The molecule has 0 heterocycles. The molecule has 0 aliphatic heterocycles. The third-order valence-corrected chi connectivity index (χ3v) is 5.73. The molecule has 0 atom stereocenters. The Morgan fingerprint density at radius 1 is 1.19 bits per heavy atom. The second-order valence-electron chi connectivity index (χ2n) is 5.94. The Morgan fingerprint density at radius 2 is 1.81 bits per heavy atom. The Balaban J connectivity index is 3.19. The molecule has 0 fully saturated rings. The number of benzene rings is 1. The molecule has 21 heavy (non-hydrogen) atoms. The normalized spacial score (nSPS) is 12.6. The van der Waals surface area contributed by atoms with Crippen LogP contribution in [-0.2, 0) is 16.6 Å². The lowest BCUT2D eigenvalue weighted by molar-refractivity contribution is 0.369. The summed E-state index contributed by atoms with van der Waals surface area (Å²) in [5, 5.41) is 3.32. The van der Waals surface area contributed by atoms with Crippen LogP contribution in [0.1, 0.15) is 45.7 Å². The highest BCUT2D eigenvalue weighted by Crippen LogP contribution is 2.23. The molecule has 1 aromatic rings. The summed E-state index contributed by atoms with van der Waals surface area (Å²) in [6.07, 6.45) is 0. The van der Waals surface area contributed by atoms with Gasteiger partial charge in [-0.2, -0.15) is 4.31 Å². The second kappa shape index (κ2) is 7.38. The molecule has 4 nitrogen and oxygen atoms in total. The fourth-order valence-corrected chi connectivity index (χ4v) is 4.22. The number of rotatable bonds is 7. The molecule has 0 aliphatic rings. The first-order valence-corrected chi connectivity index (χ1v) is 8.98. The lowest BCUT2D eigenvalue weighted by atomic mass is 10.1. The smallest absolute Gasteiger partial charge is 0.243 e. The molecule has 0 aromatic heterocycles. The molecular formula is C16H28N2O2S. The molecular weight excluding hydrogens is 284 g/mol. The van der Waals surface area contributed by atoms with Crippen molar-refractivity contribution in [1.82, 2.24) is 9.62 Å². The van der Waals surface area contributed by atoms with Gasteiger partial charge in [-0.15, -0.1) is 0 Å². The molecule has 0 spiro atoms. The Hall–Kier alpha value is -0.910. The van der Waals surface area contributed by atoms with E-state index in [1.807, 2.05) is 39.8 Å². The van der Waals surface area contributed by atoms with Gasteiger partial charge in [-0.25, -0.2) is 8.42 Å². The van der Waals surface area contributed by atoms with Gasteiger partial charge in [0.15, 0.2) is 0 Å². The van der Waals surface area contributed by atoms with Crippen LogP contribution in [0.4, 0.5) is 0 Å². The van der Waals surface area contributed by atoms with Crippen LogP contribution in [0.5, 0.6) is 0 Å². The molecule has 0 bridgehead atoms. The van der Waals surface area contributed by atoms with Crippen molar-refractivity contribution in [2.24, 2.45) is 0 Å². The highest BCUT2D eigenvalue weighted by atomic mass is 32.2. The topological polar surface area (TPSA) is 49.4 Å². The van der Waals surface area contributed by atoms with Gasteiger partial charge in [0.2, 0.25) is 10.0 Å². The molecule has 0 unspecified atom stereocenters. The first-order valence-electron chi connectivity index (χ1n) is 7.54. The van der Waals surface area contributed by atoms with E-state index in [0.717, 1.165) is 11.1 Å². The fourth-order valence-electron chi connectivity index (χ4n) is 2.29. The van der Waals surface area contributed by atoms with Gasteiger partial charge in [0.25, 0.3) is 0 Å². The largest absolute Gasteiger partial charge is 0.310 e. The third-order valence-electron chi connectivity index (χ3n) is 3.44. The minimum atomic E-state index is -3.44. The molecule has 5 heteroatoms. The summed E-state index contributed by atoms with van der Waals surface area (Å²) in [7, 11) is -3.44. The van der Waals surface area contributed by atoms with Crippen molar-refractivity contribution >= 4 is 10.0 Å². The lowest BCUT2D eigenvalue weighted by Gasteiger charge is -2.25. The summed E-state index contributed by atoms with van der Waals surface area (Å²) in [5.74, 6) is 0. The first kappa shape index (κ1) is 18.1. The zero-order valence-corrected chi connectivity index (χ0v) is 14.8. The first-order chi connectivity index (χ1) is 9.70. The quantitative estimate of drug-likeness (QED) is 0.842. The summed E-state index contributed by atoms with van der Waals surface area (Å²) in [4.78, 5) is 0.418. The van der Waals surface area contributed by atoms with Gasteiger partial charge in [-0.1, -0.05) is 32.9 Å². The van der Waals surface area contributed by atoms with E-state index >= 15 is 0 Å². The van der Waals surface area contributed by atoms with E-state index in [-0.39, 0.29) is 6.04 Å². The van der Waals surface area contributed by atoms with Crippen LogP contribution in [0.25, 0.3) is 0 Å². The minimum absolute atomic E-state index is 0.0446. The Labute approximate surface area is 129 Å². The highest BCUT2D eigenvalue weighted by molar-refractivity contribution is 7.89. The van der Waals surface area contributed by atoms with Gasteiger partial charge in [0, 0.05) is 25.2 Å². The maximum atomic E-state index is 12.8. The molecule has 1 aromatic carbocycles. The zero-order valence-electron chi connectivity index (χ0n) is 14.0. The number of aryl methyl sites for hydroxylation is 1. The van der Waals surface area contributed by atoms with Crippen LogP contribution < -0.4 is 5.32 Å². The molecule has 0 radical (unpaired) electrons. The van der Waals surface area contributed by atoms with Crippen LogP contribution in [0.15, 0.2) is 23.1 Å². The van der Waals surface area contributed by atoms with Gasteiger partial charge in [-0.3, -0.25) is 0 Å². The van der Waals surface area contributed by atoms with Crippen LogP contribution in [-0.4, -0.2) is 31.4 Å². The monoisotopic (exact) mass is 312 g/mol. The van der Waals surface area contributed by atoms with Gasteiger partial charge >= 0.3 is 0 Å². The summed E-state index contributed by atoms with van der Waals surface area (Å²) < 4.78 is 27.2. The van der Waals surface area contributed by atoms with E-state index in [1.54, 1.807) is 6.07 Å². The lowest BCUT2D eigenvalue weighted by Crippen LogP contribution is -2.37. The van der Waals surface area contributed by atoms with Gasteiger partial charge in [0.05, 0.1) is 4.90 Å². The summed E-state index contributed by atoms with van der Waals surface area (Å²) in [6, 6.07) is 5.99. The van der Waals surface area contributed by atoms with Crippen LogP contribution in [0, 0.1) is 6.92 Å². The Morgan fingerprint density at radius 3 is 2.29 bits per heavy atom. The van der Waals surface area contributed by atoms with Crippen molar-refractivity contribution in [2.75, 3.05) is 6.54 Å². The number of nitrogens with one attached hydrogen (secondary N) is 1. The van der Waals surface area contributed by atoms with E-state index < -0.39 is 10.0 Å². The average Bonchev–Trinajstić information content (AvgIpc) is 2.37. The standard InChI is InChI=1S/C16H28N2O2S/c1-7-18(13(4)5)21(19,20)16-10-15(9-8-14(16)6)11-17-12(2)3/h8-10,12-13,17H,7,11H2,1-6H3. The van der Waals surface area contributed by atoms with E-state index in [9.17, 15) is 8.42 Å². The molecule has 1 rings (SSSR count). The van der Waals surface area contributed by atoms with Crippen molar-refractivity contribution in [3.05, 3.63) is 29.3 Å². The molecule has 0 saturated carbocycles. The zero-order chi connectivity index (χ0) is 16.2. The fraction of sp³-hybridized carbons (Fsp3) is 0.625. The summed E-state index contributed by atoms with van der Waals surface area (Å²) in [5.41, 5.74) is 1.79. The number of nitrogens with zero attached hydrogens (tertiary/aromatic N) is 1. The average molecular weight is 312 g/mol. The van der Waals surface area contributed by atoms with Crippen molar-refractivity contribution < 1.29 is 8.42 Å². The summed E-state index contributed by atoms with van der Waals surface area (Å²) in [6.45, 7) is 12.8. The van der Waals surface area contributed by atoms with Gasteiger partial charge < -0.3 is 5.32 Å². The number of sulfonamides is 1. The van der Waals surface area contributed by atoms with Gasteiger partial charge in [0.1, 0.15) is 0 Å². The number of hydrogen-bond acceptors (Lipinski definition) is 3.